The van der Waals surface area contributed by atoms with Gasteiger partial charge < -0.3 is 5.32 Å². The molecule has 1 fully saturated rings. The zero-order valence-corrected chi connectivity index (χ0v) is 18.7. The number of piperidine rings is 1. The van der Waals surface area contributed by atoms with Gasteiger partial charge in [-0.15, -0.1) is 0 Å². The number of rotatable bonds is 6. The Bertz CT molecular complexity index is 1050. The minimum Gasteiger partial charge on any atom is -0.352 e. The van der Waals surface area contributed by atoms with Crippen LogP contribution in [0.15, 0.2) is 89.8 Å². The van der Waals surface area contributed by atoms with Crippen molar-refractivity contribution in [3.63, 3.8) is 0 Å². The van der Waals surface area contributed by atoms with Gasteiger partial charge in [0.05, 0.1) is 10.8 Å². The van der Waals surface area contributed by atoms with Crippen LogP contribution in [-0.2, 0) is 22.3 Å². The summed E-state index contributed by atoms with van der Waals surface area (Å²) in [5, 5.41) is 3.60. The molecule has 0 spiro atoms. The minimum absolute atomic E-state index is 0.00320. The Hall–Kier alpha value is -2.47. The first-order valence-electron chi connectivity index (χ1n) is 10.4. The molecule has 0 radical (unpaired) electrons. The topological polar surface area (TPSA) is 49.4 Å². The van der Waals surface area contributed by atoms with Crippen LogP contribution in [0.1, 0.15) is 30.0 Å². The van der Waals surface area contributed by atoms with Gasteiger partial charge in [0.25, 0.3) is 0 Å². The first kappa shape index (κ1) is 21.8. The van der Waals surface area contributed by atoms with Crippen LogP contribution in [0.3, 0.4) is 0 Å². The first-order chi connectivity index (χ1) is 15.1. The molecule has 1 aliphatic heterocycles. The van der Waals surface area contributed by atoms with Crippen molar-refractivity contribution >= 4 is 28.5 Å². The van der Waals surface area contributed by atoms with Gasteiger partial charge in [-0.1, -0.05) is 78.3 Å². The number of hydrogen-bond donors (Lipinski definition) is 1. The van der Waals surface area contributed by atoms with E-state index >= 15 is 0 Å². The Morgan fingerprint density at radius 1 is 0.968 bits per heavy atom. The number of nitrogens with zero attached hydrogens (tertiary/aromatic N) is 1. The summed E-state index contributed by atoms with van der Waals surface area (Å²) in [5.41, 5.74) is 2.18. The average molecular weight is 453 g/mol. The molecule has 0 bridgehead atoms. The molecule has 4 nitrogen and oxygen atoms in total. The third kappa shape index (κ3) is 5.42. The van der Waals surface area contributed by atoms with Gasteiger partial charge in [-0.25, -0.2) is 8.51 Å². The van der Waals surface area contributed by atoms with E-state index < -0.39 is 11.0 Å². The third-order valence-electron chi connectivity index (χ3n) is 5.61. The Labute approximate surface area is 190 Å². The van der Waals surface area contributed by atoms with Gasteiger partial charge in [0.15, 0.2) is 0 Å². The molecular formula is C25H25ClN2O2S. The third-order valence-corrected chi connectivity index (χ3v) is 7.33. The predicted molar refractivity (Wildman–Crippen MR) is 125 cm³/mol. The van der Waals surface area contributed by atoms with Gasteiger partial charge in [0, 0.05) is 24.2 Å². The summed E-state index contributed by atoms with van der Waals surface area (Å²) in [6, 6.07) is 27.1. The highest BCUT2D eigenvalue weighted by molar-refractivity contribution is 7.82. The first-order valence-corrected chi connectivity index (χ1v) is 11.9. The van der Waals surface area contributed by atoms with E-state index in [1.807, 2.05) is 58.9 Å². The van der Waals surface area contributed by atoms with Gasteiger partial charge in [0.1, 0.15) is 11.0 Å². The molecule has 1 N–H and O–H groups in total. The van der Waals surface area contributed by atoms with Crippen molar-refractivity contribution in [2.24, 2.45) is 5.92 Å². The van der Waals surface area contributed by atoms with Crippen molar-refractivity contribution in [2.75, 3.05) is 6.54 Å². The molecule has 4 rings (SSSR count). The molecule has 3 aromatic rings. The fraction of sp³-hybridized carbons (Fsp3) is 0.240. The van der Waals surface area contributed by atoms with Crippen LogP contribution < -0.4 is 5.32 Å². The second-order valence-corrected chi connectivity index (χ2v) is 9.59. The van der Waals surface area contributed by atoms with Crippen molar-refractivity contribution in [3.8, 4) is 0 Å². The van der Waals surface area contributed by atoms with E-state index in [1.165, 1.54) is 0 Å². The van der Waals surface area contributed by atoms with E-state index in [-0.39, 0.29) is 17.9 Å². The van der Waals surface area contributed by atoms with Crippen molar-refractivity contribution in [1.29, 1.82) is 0 Å². The van der Waals surface area contributed by atoms with Crippen LogP contribution in [0, 0.1) is 5.92 Å². The van der Waals surface area contributed by atoms with Gasteiger partial charge in [-0.05, 0) is 42.2 Å². The fourth-order valence-corrected chi connectivity index (χ4v) is 5.71. The van der Waals surface area contributed by atoms with E-state index in [9.17, 15) is 9.00 Å². The van der Waals surface area contributed by atoms with Gasteiger partial charge in [-0.2, -0.15) is 0 Å². The van der Waals surface area contributed by atoms with Crippen LogP contribution in [-0.4, -0.2) is 21.0 Å². The molecule has 3 atom stereocenters. The number of carbonyl (C=O) groups excluding carboxylic acids is 1. The predicted octanol–water partition coefficient (Wildman–Crippen LogP) is 5.13. The molecule has 31 heavy (non-hydrogen) atoms. The monoisotopic (exact) mass is 452 g/mol. The number of nitrogens with one attached hydrogen (secondary N) is 1. The normalized spacial score (nSPS) is 20.2. The average Bonchev–Trinajstić information content (AvgIpc) is 2.83. The van der Waals surface area contributed by atoms with Crippen molar-refractivity contribution in [2.45, 2.75) is 30.3 Å². The molecule has 0 aliphatic carbocycles. The molecule has 1 heterocycles. The summed E-state index contributed by atoms with van der Waals surface area (Å²) in [7, 11) is -1.42. The number of benzene rings is 3. The van der Waals surface area contributed by atoms with Crippen molar-refractivity contribution < 1.29 is 9.00 Å². The Balaban J connectivity index is 1.53. The maximum absolute atomic E-state index is 13.5. The number of carbonyl (C=O) groups is 1. The van der Waals surface area contributed by atoms with E-state index in [1.54, 1.807) is 18.2 Å². The maximum Gasteiger partial charge on any atom is 0.224 e. The van der Waals surface area contributed by atoms with Crippen LogP contribution in [0.2, 0.25) is 5.02 Å². The van der Waals surface area contributed by atoms with Crippen LogP contribution in [0.25, 0.3) is 0 Å². The van der Waals surface area contributed by atoms with E-state index in [0.717, 1.165) is 24.0 Å². The maximum atomic E-state index is 13.5. The number of halogens is 1. The Morgan fingerprint density at radius 2 is 1.68 bits per heavy atom. The highest BCUT2D eigenvalue weighted by Gasteiger charge is 2.36. The van der Waals surface area contributed by atoms with Gasteiger partial charge in [0.2, 0.25) is 5.91 Å². The highest BCUT2D eigenvalue weighted by Crippen LogP contribution is 2.36. The molecular weight excluding hydrogens is 428 g/mol. The summed E-state index contributed by atoms with van der Waals surface area (Å²) in [5.74, 6) is -0.213. The molecule has 1 amide bonds. The van der Waals surface area contributed by atoms with E-state index in [4.69, 9.17) is 11.6 Å². The number of amides is 1. The van der Waals surface area contributed by atoms with Crippen molar-refractivity contribution in [3.05, 3.63) is 101 Å². The van der Waals surface area contributed by atoms with Crippen LogP contribution in [0.5, 0.6) is 0 Å². The lowest BCUT2D eigenvalue weighted by atomic mass is 9.90. The SMILES string of the molecule is O=C(NCc1ccccc1)C1CC[C@H](c2ccccc2)N(S(=O)c2cccc(Cl)c2)C1. The lowest BCUT2D eigenvalue weighted by Crippen LogP contribution is -2.45. The summed E-state index contributed by atoms with van der Waals surface area (Å²) in [6.45, 7) is 0.926. The molecule has 3 aromatic carbocycles. The highest BCUT2D eigenvalue weighted by atomic mass is 35.5. The van der Waals surface area contributed by atoms with Gasteiger partial charge >= 0.3 is 0 Å². The molecule has 0 aromatic heterocycles. The summed E-state index contributed by atoms with van der Waals surface area (Å²) >= 11 is 6.14. The largest absolute Gasteiger partial charge is 0.352 e. The van der Waals surface area contributed by atoms with Crippen molar-refractivity contribution in [1.82, 2.24) is 9.62 Å². The second-order valence-electron chi connectivity index (χ2n) is 7.71. The zero-order valence-electron chi connectivity index (χ0n) is 17.1. The summed E-state index contributed by atoms with van der Waals surface area (Å²) in [4.78, 5) is 13.6. The molecule has 6 heteroatoms. The van der Waals surface area contributed by atoms with Crippen LogP contribution >= 0.6 is 11.6 Å². The smallest absolute Gasteiger partial charge is 0.224 e. The minimum atomic E-state index is -1.42. The van der Waals surface area contributed by atoms with Crippen LogP contribution in [0.4, 0.5) is 0 Å². The van der Waals surface area contributed by atoms with E-state index in [0.29, 0.717) is 23.0 Å². The number of hydrogen-bond acceptors (Lipinski definition) is 2. The molecule has 1 saturated heterocycles. The standard InChI is InChI=1S/C25H25ClN2O2S/c26-22-12-7-13-23(16-22)31(30)28-18-21(14-15-24(28)20-10-5-2-6-11-20)25(29)27-17-19-8-3-1-4-9-19/h1-13,16,21,24H,14-15,17-18H2,(H,27,29)/t21?,24-,31?/m1/s1. The molecule has 1 aliphatic rings. The summed E-state index contributed by atoms with van der Waals surface area (Å²) in [6.07, 6.45) is 1.52. The van der Waals surface area contributed by atoms with Gasteiger partial charge in [-0.3, -0.25) is 4.79 Å². The molecule has 2 unspecified atom stereocenters. The Kier molecular flexibility index (Phi) is 7.17. The lowest BCUT2D eigenvalue weighted by molar-refractivity contribution is -0.126. The zero-order chi connectivity index (χ0) is 21.6. The lowest BCUT2D eigenvalue weighted by Gasteiger charge is -2.38. The second kappa shape index (κ2) is 10.2. The fourth-order valence-electron chi connectivity index (χ4n) is 3.98. The molecule has 0 saturated carbocycles. The van der Waals surface area contributed by atoms with E-state index in [2.05, 4.69) is 17.4 Å². The molecule has 160 valence electrons. The Morgan fingerprint density at radius 3 is 2.39 bits per heavy atom. The quantitative estimate of drug-likeness (QED) is 0.563. The summed E-state index contributed by atoms with van der Waals surface area (Å²) < 4.78 is 15.5.